The number of carbonyl (C=O) groups is 1. The Kier molecular flexibility index (Phi) is 5.66. The zero-order valence-electron chi connectivity index (χ0n) is 15.4. The van der Waals surface area contributed by atoms with Gasteiger partial charge in [0.15, 0.2) is 12.5 Å². The van der Waals surface area contributed by atoms with Crippen molar-refractivity contribution in [3.8, 4) is 22.5 Å². The molecule has 7 nitrogen and oxygen atoms in total. The minimum Gasteiger partial charge on any atom is -0.371 e. The van der Waals surface area contributed by atoms with Gasteiger partial charge >= 0.3 is 0 Å². The van der Waals surface area contributed by atoms with Crippen LogP contribution in [0, 0.1) is 5.82 Å². The fraction of sp³-hybridized carbons (Fsp3) is 0.300. The number of aldehydes is 1. The second-order valence-corrected chi connectivity index (χ2v) is 7.38. The Bertz CT molecular complexity index is 1010. The van der Waals surface area contributed by atoms with Crippen LogP contribution in [-0.2, 0) is 4.79 Å². The van der Waals surface area contributed by atoms with E-state index in [0.29, 0.717) is 54.2 Å². The molecule has 1 unspecified atom stereocenters. The molecule has 9 heteroatoms. The van der Waals surface area contributed by atoms with Crippen molar-refractivity contribution in [2.75, 3.05) is 13.1 Å². The van der Waals surface area contributed by atoms with E-state index in [2.05, 4.69) is 20.2 Å². The number of nitrogens with zero attached hydrogens (tertiary/aromatic N) is 4. The Morgan fingerprint density at radius 3 is 2.76 bits per heavy atom. The maximum atomic E-state index is 14.6. The van der Waals surface area contributed by atoms with Crippen molar-refractivity contribution in [1.29, 1.82) is 0 Å². The van der Waals surface area contributed by atoms with Gasteiger partial charge in [-0.25, -0.2) is 14.4 Å². The van der Waals surface area contributed by atoms with Crippen LogP contribution in [0.15, 0.2) is 36.8 Å². The summed E-state index contributed by atoms with van der Waals surface area (Å²) in [4.78, 5) is 20.9. The summed E-state index contributed by atoms with van der Waals surface area (Å²) in [6, 6.07) is 6.24. The van der Waals surface area contributed by atoms with E-state index >= 15 is 0 Å². The second-order valence-electron chi connectivity index (χ2n) is 6.94. The minimum absolute atomic E-state index is 0.103. The molecule has 150 valence electrons. The molecule has 1 fully saturated rings. The Hall–Kier alpha value is -2.68. The summed E-state index contributed by atoms with van der Waals surface area (Å²) in [6.45, 7) is 1.13. The molecule has 0 spiro atoms. The molecule has 1 aliphatic heterocycles. The standard InChI is InChI=1S/C20H19ClFN5O2/c21-13-1-2-14(15(22)9-13)20-18(16-3-6-23-11-24-16)19(25-26-20)12-4-7-27(8-5-12)17(29)10-28/h1-3,6,9-12,17,29H,4-5,7-8H2,(H,25,26). The highest BCUT2D eigenvalue weighted by Crippen LogP contribution is 2.40. The van der Waals surface area contributed by atoms with Crippen LogP contribution in [0.5, 0.6) is 0 Å². The van der Waals surface area contributed by atoms with Gasteiger partial charge in [0.25, 0.3) is 0 Å². The Labute approximate surface area is 171 Å². The monoisotopic (exact) mass is 415 g/mol. The second kappa shape index (κ2) is 8.36. The number of aromatic amines is 1. The summed E-state index contributed by atoms with van der Waals surface area (Å²) in [5, 5.41) is 17.5. The number of piperidine rings is 1. The third-order valence-electron chi connectivity index (χ3n) is 5.25. The first-order valence-electron chi connectivity index (χ1n) is 9.26. The van der Waals surface area contributed by atoms with Crippen LogP contribution >= 0.6 is 11.6 Å². The zero-order chi connectivity index (χ0) is 20.4. The van der Waals surface area contributed by atoms with E-state index in [0.717, 1.165) is 11.3 Å². The molecular weight excluding hydrogens is 397 g/mol. The molecular formula is C20H19ClFN5O2. The van der Waals surface area contributed by atoms with Crippen LogP contribution < -0.4 is 0 Å². The molecule has 1 atom stereocenters. The number of hydrogen-bond donors (Lipinski definition) is 2. The van der Waals surface area contributed by atoms with Crippen molar-refractivity contribution in [1.82, 2.24) is 25.1 Å². The molecule has 0 aliphatic carbocycles. The molecule has 4 rings (SSSR count). The number of halogens is 2. The average molecular weight is 416 g/mol. The Morgan fingerprint density at radius 2 is 2.10 bits per heavy atom. The lowest BCUT2D eigenvalue weighted by Crippen LogP contribution is -2.41. The normalized spacial score (nSPS) is 16.7. The summed E-state index contributed by atoms with van der Waals surface area (Å²) in [5.41, 5.74) is 3.02. The first-order valence-corrected chi connectivity index (χ1v) is 9.63. The molecule has 0 amide bonds. The highest BCUT2D eigenvalue weighted by molar-refractivity contribution is 6.30. The highest BCUT2D eigenvalue weighted by Gasteiger charge is 2.30. The summed E-state index contributed by atoms with van der Waals surface area (Å²) < 4.78 is 14.6. The van der Waals surface area contributed by atoms with Crippen LogP contribution in [0.1, 0.15) is 24.5 Å². The molecule has 29 heavy (non-hydrogen) atoms. The van der Waals surface area contributed by atoms with Crippen LogP contribution in [0.25, 0.3) is 22.5 Å². The fourth-order valence-corrected chi connectivity index (χ4v) is 3.92. The van der Waals surface area contributed by atoms with Crippen molar-refractivity contribution < 1.29 is 14.3 Å². The number of rotatable bonds is 5. The molecule has 1 aliphatic rings. The van der Waals surface area contributed by atoms with Gasteiger partial charge < -0.3 is 5.11 Å². The number of H-pyrrole nitrogens is 1. The van der Waals surface area contributed by atoms with E-state index < -0.39 is 12.0 Å². The van der Waals surface area contributed by atoms with Gasteiger partial charge in [0.05, 0.1) is 5.69 Å². The van der Waals surface area contributed by atoms with Crippen molar-refractivity contribution in [2.24, 2.45) is 0 Å². The van der Waals surface area contributed by atoms with E-state index in [-0.39, 0.29) is 5.92 Å². The van der Waals surface area contributed by atoms with Gasteiger partial charge in [-0.3, -0.25) is 14.8 Å². The molecule has 1 aromatic carbocycles. The number of likely N-dealkylation sites (tertiary alicyclic amines) is 1. The van der Waals surface area contributed by atoms with Crippen molar-refractivity contribution >= 4 is 17.9 Å². The van der Waals surface area contributed by atoms with E-state index in [4.69, 9.17) is 11.6 Å². The number of benzene rings is 1. The van der Waals surface area contributed by atoms with Gasteiger partial charge in [0.2, 0.25) is 0 Å². The van der Waals surface area contributed by atoms with Gasteiger partial charge in [-0.1, -0.05) is 11.6 Å². The third-order valence-corrected chi connectivity index (χ3v) is 5.49. The van der Waals surface area contributed by atoms with Crippen LogP contribution in [0.4, 0.5) is 4.39 Å². The number of carbonyl (C=O) groups excluding carboxylic acids is 1. The topological polar surface area (TPSA) is 95.0 Å². The number of hydrogen-bond acceptors (Lipinski definition) is 6. The fourth-order valence-electron chi connectivity index (χ4n) is 3.76. The lowest BCUT2D eigenvalue weighted by molar-refractivity contribution is -0.125. The van der Waals surface area contributed by atoms with Gasteiger partial charge in [0.1, 0.15) is 17.8 Å². The first-order chi connectivity index (χ1) is 14.1. The number of aromatic nitrogens is 4. The number of nitrogens with one attached hydrogen (secondary N) is 1. The van der Waals surface area contributed by atoms with Gasteiger partial charge in [-0.2, -0.15) is 5.10 Å². The molecule has 2 aromatic heterocycles. The minimum atomic E-state index is -1.09. The van der Waals surface area contributed by atoms with Crippen LogP contribution in [0.2, 0.25) is 5.02 Å². The largest absolute Gasteiger partial charge is 0.371 e. The van der Waals surface area contributed by atoms with Crippen LogP contribution in [0.3, 0.4) is 0 Å². The van der Waals surface area contributed by atoms with Crippen molar-refractivity contribution in [3.05, 3.63) is 53.3 Å². The van der Waals surface area contributed by atoms with Crippen molar-refractivity contribution in [2.45, 2.75) is 25.0 Å². The van der Waals surface area contributed by atoms with E-state index in [1.54, 1.807) is 29.3 Å². The lowest BCUT2D eigenvalue weighted by atomic mass is 9.88. The van der Waals surface area contributed by atoms with E-state index in [1.807, 2.05) is 0 Å². The molecule has 3 aromatic rings. The predicted molar refractivity (Wildman–Crippen MR) is 106 cm³/mol. The zero-order valence-corrected chi connectivity index (χ0v) is 16.2. The Balaban J connectivity index is 1.74. The number of aliphatic hydroxyl groups is 1. The molecule has 2 N–H and O–H groups in total. The summed E-state index contributed by atoms with van der Waals surface area (Å²) in [5.74, 6) is -0.360. The van der Waals surface area contributed by atoms with Gasteiger partial charge in [-0.05, 0) is 37.1 Å². The molecule has 0 saturated carbocycles. The molecule has 3 heterocycles. The van der Waals surface area contributed by atoms with Crippen LogP contribution in [-0.4, -0.2) is 55.8 Å². The third kappa shape index (κ3) is 3.91. The smallest absolute Gasteiger partial charge is 0.163 e. The predicted octanol–water partition coefficient (Wildman–Crippen LogP) is 3.02. The summed E-state index contributed by atoms with van der Waals surface area (Å²) in [6.07, 6.45) is 3.95. The quantitative estimate of drug-likeness (QED) is 0.622. The van der Waals surface area contributed by atoms with E-state index in [9.17, 15) is 14.3 Å². The van der Waals surface area contributed by atoms with Gasteiger partial charge in [-0.15, -0.1) is 0 Å². The maximum absolute atomic E-state index is 14.6. The first kappa shape index (κ1) is 19.6. The van der Waals surface area contributed by atoms with E-state index in [1.165, 1.54) is 12.4 Å². The molecule has 0 radical (unpaired) electrons. The highest BCUT2D eigenvalue weighted by atomic mass is 35.5. The molecule has 0 bridgehead atoms. The lowest BCUT2D eigenvalue weighted by Gasteiger charge is -2.32. The summed E-state index contributed by atoms with van der Waals surface area (Å²) >= 11 is 5.90. The SMILES string of the molecule is O=CC(O)N1CCC(c2[nH]nc(-c3ccc(Cl)cc3F)c2-c2ccncn2)CC1. The maximum Gasteiger partial charge on any atom is 0.163 e. The number of aliphatic hydroxyl groups excluding tert-OH is 1. The molecule has 1 saturated heterocycles. The van der Waals surface area contributed by atoms with Gasteiger partial charge in [0, 0.05) is 47.0 Å². The summed E-state index contributed by atoms with van der Waals surface area (Å²) in [7, 11) is 0. The average Bonchev–Trinajstić information content (AvgIpc) is 3.18. The Morgan fingerprint density at radius 1 is 1.31 bits per heavy atom. The van der Waals surface area contributed by atoms with Crippen molar-refractivity contribution in [3.63, 3.8) is 0 Å².